The van der Waals surface area contributed by atoms with E-state index in [0.29, 0.717) is 0 Å². The molecule has 3 heteroatoms. The Balaban J connectivity index is 1.84. The van der Waals surface area contributed by atoms with Crippen LogP contribution in [0.4, 0.5) is 0 Å². The third-order valence-electron chi connectivity index (χ3n) is 2.64. The molecular weight excluding hydrogens is 224 g/mol. The lowest BCUT2D eigenvalue weighted by Gasteiger charge is -1.99. The van der Waals surface area contributed by atoms with Gasteiger partial charge in [-0.25, -0.2) is 0 Å². The number of hydrogen-bond donors (Lipinski definition) is 0. The Labute approximate surface area is 107 Å². The van der Waals surface area contributed by atoms with Gasteiger partial charge in [-0.3, -0.25) is 9.98 Å². The lowest BCUT2D eigenvalue weighted by atomic mass is 10.2. The van der Waals surface area contributed by atoms with Gasteiger partial charge in [0.15, 0.2) is 0 Å². The van der Waals surface area contributed by atoms with Crippen LogP contribution in [0.3, 0.4) is 0 Å². The summed E-state index contributed by atoms with van der Waals surface area (Å²) in [5, 5.41) is 0. The van der Waals surface area contributed by atoms with Crippen LogP contribution >= 0.6 is 0 Å². The van der Waals surface area contributed by atoms with Gasteiger partial charge in [0.25, 0.3) is 0 Å². The van der Waals surface area contributed by atoms with Crippen molar-refractivity contribution < 1.29 is 4.74 Å². The van der Waals surface area contributed by atoms with E-state index in [4.69, 9.17) is 4.74 Å². The second kappa shape index (κ2) is 6.55. The van der Waals surface area contributed by atoms with Crippen molar-refractivity contribution in [2.24, 2.45) is 4.99 Å². The van der Waals surface area contributed by atoms with Gasteiger partial charge in [0, 0.05) is 25.2 Å². The van der Waals surface area contributed by atoms with Gasteiger partial charge in [-0.15, -0.1) is 0 Å². The highest BCUT2D eigenvalue weighted by Gasteiger charge is 1.91. The molecule has 0 bridgehead atoms. The minimum absolute atomic E-state index is 0.788. The van der Waals surface area contributed by atoms with Crippen molar-refractivity contribution in [2.75, 3.05) is 13.7 Å². The molecule has 1 aromatic carbocycles. The summed E-state index contributed by atoms with van der Waals surface area (Å²) in [4.78, 5) is 8.39. The Morgan fingerprint density at radius 1 is 1.11 bits per heavy atom. The van der Waals surface area contributed by atoms with E-state index in [1.54, 1.807) is 7.11 Å². The molecule has 0 fully saturated rings. The van der Waals surface area contributed by atoms with Gasteiger partial charge in [0.05, 0.1) is 7.11 Å². The fraction of sp³-hybridized carbons (Fsp3) is 0.200. The van der Waals surface area contributed by atoms with E-state index < -0.39 is 0 Å². The van der Waals surface area contributed by atoms with E-state index in [-0.39, 0.29) is 0 Å². The Kier molecular flexibility index (Phi) is 4.47. The molecule has 0 aliphatic heterocycles. The first-order chi connectivity index (χ1) is 8.88. The molecule has 0 N–H and O–H groups in total. The highest BCUT2D eigenvalue weighted by atomic mass is 16.5. The van der Waals surface area contributed by atoms with Gasteiger partial charge in [0.1, 0.15) is 5.75 Å². The predicted octanol–water partition coefficient (Wildman–Crippen LogP) is 2.75. The molecule has 0 aliphatic rings. The number of benzene rings is 1. The third kappa shape index (κ3) is 3.70. The van der Waals surface area contributed by atoms with Crippen molar-refractivity contribution in [3.05, 3.63) is 59.9 Å². The number of aromatic nitrogens is 1. The standard InChI is InChI=1S/C15H16N2O/c1-18-15-4-2-14(3-5-15)12-17-11-8-13-6-9-16-10-7-13/h2-7,9-10,12H,8,11H2,1H3. The first-order valence-electron chi connectivity index (χ1n) is 5.91. The molecule has 1 aromatic heterocycles. The van der Waals surface area contributed by atoms with Crippen molar-refractivity contribution in [1.29, 1.82) is 0 Å². The fourth-order valence-electron chi connectivity index (χ4n) is 1.60. The molecule has 0 aliphatic carbocycles. The molecule has 92 valence electrons. The van der Waals surface area contributed by atoms with Crippen LogP contribution in [0.2, 0.25) is 0 Å². The Bertz CT molecular complexity index is 492. The highest BCUT2D eigenvalue weighted by molar-refractivity contribution is 5.79. The summed E-state index contributed by atoms with van der Waals surface area (Å²) in [6.07, 6.45) is 6.45. The van der Waals surface area contributed by atoms with Crippen LogP contribution in [-0.2, 0) is 6.42 Å². The van der Waals surface area contributed by atoms with E-state index in [1.807, 2.05) is 55.0 Å². The van der Waals surface area contributed by atoms with Gasteiger partial charge in [-0.05, 0) is 53.9 Å². The average molecular weight is 240 g/mol. The maximum atomic E-state index is 5.10. The smallest absolute Gasteiger partial charge is 0.118 e. The summed E-state index contributed by atoms with van der Waals surface area (Å²) >= 11 is 0. The zero-order valence-corrected chi connectivity index (χ0v) is 10.4. The SMILES string of the molecule is COc1ccc(C=NCCc2ccncc2)cc1. The van der Waals surface area contributed by atoms with Crippen LogP contribution in [0, 0.1) is 0 Å². The number of rotatable bonds is 5. The number of methoxy groups -OCH3 is 1. The lowest BCUT2D eigenvalue weighted by Crippen LogP contribution is -1.91. The third-order valence-corrected chi connectivity index (χ3v) is 2.64. The molecule has 3 nitrogen and oxygen atoms in total. The lowest BCUT2D eigenvalue weighted by molar-refractivity contribution is 0.415. The molecule has 0 unspecified atom stereocenters. The molecule has 0 amide bonds. The number of pyridine rings is 1. The molecule has 2 rings (SSSR count). The minimum Gasteiger partial charge on any atom is -0.497 e. The number of hydrogen-bond acceptors (Lipinski definition) is 3. The normalized spacial score (nSPS) is 10.7. The van der Waals surface area contributed by atoms with Crippen LogP contribution < -0.4 is 4.74 Å². The summed E-state index contributed by atoms with van der Waals surface area (Å²) < 4.78 is 5.10. The van der Waals surface area contributed by atoms with Crippen molar-refractivity contribution in [3.63, 3.8) is 0 Å². The highest BCUT2D eigenvalue weighted by Crippen LogP contribution is 2.09. The van der Waals surface area contributed by atoms with E-state index in [1.165, 1.54) is 5.56 Å². The Morgan fingerprint density at radius 2 is 1.83 bits per heavy atom. The molecule has 0 spiro atoms. The molecule has 0 atom stereocenters. The summed E-state index contributed by atoms with van der Waals surface area (Å²) in [6.45, 7) is 0.788. The van der Waals surface area contributed by atoms with Gasteiger partial charge < -0.3 is 4.74 Å². The van der Waals surface area contributed by atoms with Crippen molar-refractivity contribution in [3.8, 4) is 5.75 Å². The second-order valence-electron chi connectivity index (χ2n) is 3.91. The second-order valence-corrected chi connectivity index (χ2v) is 3.91. The van der Waals surface area contributed by atoms with Crippen LogP contribution in [-0.4, -0.2) is 24.9 Å². The fourth-order valence-corrected chi connectivity index (χ4v) is 1.60. The quantitative estimate of drug-likeness (QED) is 0.753. The van der Waals surface area contributed by atoms with Crippen molar-refractivity contribution >= 4 is 6.21 Å². The van der Waals surface area contributed by atoms with Gasteiger partial charge in [-0.1, -0.05) is 0 Å². The molecule has 18 heavy (non-hydrogen) atoms. The van der Waals surface area contributed by atoms with E-state index in [9.17, 15) is 0 Å². The first-order valence-corrected chi connectivity index (χ1v) is 5.91. The molecule has 0 radical (unpaired) electrons. The molecular formula is C15H16N2O. The maximum absolute atomic E-state index is 5.10. The predicted molar refractivity (Wildman–Crippen MR) is 73.4 cm³/mol. The Hall–Kier alpha value is -2.16. The summed E-state index contributed by atoms with van der Waals surface area (Å²) in [6, 6.07) is 11.9. The first kappa shape index (κ1) is 12.3. The topological polar surface area (TPSA) is 34.5 Å². The molecule has 2 aromatic rings. The number of nitrogens with zero attached hydrogens (tertiary/aromatic N) is 2. The van der Waals surface area contributed by atoms with Crippen molar-refractivity contribution in [2.45, 2.75) is 6.42 Å². The summed E-state index contributed by atoms with van der Waals surface area (Å²) in [5.74, 6) is 0.865. The average Bonchev–Trinajstić information content (AvgIpc) is 2.45. The van der Waals surface area contributed by atoms with Gasteiger partial charge in [0.2, 0.25) is 0 Å². The molecule has 1 heterocycles. The van der Waals surface area contributed by atoms with Crippen LogP contribution in [0.25, 0.3) is 0 Å². The zero-order valence-electron chi connectivity index (χ0n) is 10.4. The molecule has 0 saturated carbocycles. The summed E-state index contributed by atoms with van der Waals surface area (Å²) in [7, 11) is 1.66. The van der Waals surface area contributed by atoms with Crippen LogP contribution in [0.1, 0.15) is 11.1 Å². The van der Waals surface area contributed by atoms with Crippen LogP contribution in [0.15, 0.2) is 53.8 Å². The van der Waals surface area contributed by atoms with Gasteiger partial charge in [-0.2, -0.15) is 0 Å². The maximum Gasteiger partial charge on any atom is 0.118 e. The van der Waals surface area contributed by atoms with E-state index >= 15 is 0 Å². The number of aliphatic imine (C=N–C) groups is 1. The minimum atomic E-state index is 0.788. The monoisotopic (exact) mass is 240 g/mol. The largest absolute Gasteiger partial charge is 0.497 e. The molecule has 0 saturated heterocycles. The van der Waals surface area contributed by atoms with E-state index in [0.717, 1.165) is 24.3 Å². The zero-order chi connectivity index (χ0) is 12.6. The van der Waals surface area contributed by atoms with Gasteiger partial charge >= 0.3 is 0 Å². The van der Waals surface area contributed by atoms with Crippen LogP contribution in [0.5, 0.6) is 5.75 Å². The summed E-state index contributed by atoms with van der Waals surface area (Å²) in [5.41, 5.74) is 2.35. The van der Waals surface area contributed by atoms with Crippen molar-refractivity contribution in [1.82, 2.24) is 4.98 Å². The number of ether oxygens (including phenoxy) is 1. The van der Waals surface area contributed by atoms with E-state index in [2.05, 4.69) is 9.98 Å². The Morgan fingerprint density at radius 3 is 2.50 bits per heavy atom.